The van der Waals surface area contributed by atoms with Gasteiger partial charge in [0.15, 0.2) is 0 Å². The molecule has 0 aliphatic heterocycles. The van der Waals surface area contributed by atoms with Gasteiger partial charge in [0.2, 0.25) is 5.91 Å². The highest BCUT2D eigenvalue weighted by molar-refractivity contribution is 6.18. The van der Waals surface area contributed by atoms with Crippen LogP contribution < -0.4 is 0 Å². The average molecular weight is 506 g/mol. The molecule has 0 saturated heterocycles. The Morgan fingerprint density at radius 1 is 1.00 bits per heavy atom. The first-order chi connectivity index (χ1) is 16.7. The number of carbonyl (C=O) groups is 2. The van der Waals surface area contributed by atoms with Crippen LogP contribution in [0.15, 0.2) is 0 Å². The first-order valence-electron chi connectivity index (χ1n) is 14.8. The van der Waals surface area contributed by atoms with Crippen molar-refractivity contribution in [2.75, 3.05) is 19.0 Å². The Morgan fingerprint density at radius 3 is 2.51 bits per heavy atom. The summed E-state index contributed by atoms with van der Waals surface area (Å²) >= 11 is 5.96. The lowest BCUT2D eigenvalue weighted by Gasteiger charge is -2.61. The van der Waals surface area contributed by atoms with E-state index in [1.54, 1.807) is 0 Å². The van der Waals surface area contributed by atoms with Crippen molar-refractivity contribution in [2.24, 2.45) is 40.4 Å². The van der Waals surface area contributed by atoms with E-state index < -0.39 is 5.60 Å². The second-order valence-electron chi connectivity index (χ2n) is 13.7. The van der Waals surface area contributed by atoms with Gasteiger partial charge in [-0.15, -0.1) is 11.6 Å². The molecule has 0 unspecified atom stereocenters. The van der Waals surface area contributed by atoms with Gasteiger partial charge in [-0.05, 0) is 99.2 Å². The molecule has 5 aliphatic rings. The Hall–Kier alpha value is -0.610. The minimum atomic E-state index is -0.778. The lowest BCUT2D eigenvalue weighted by molar-refractivity contribution is -0.161. The number of hydrogen-bond acceptors (Lipinski definition) is 3. The Morgan fingerprint density at radius 2 is 1.77 bits per heavy atom. The molecule has 0 aromatic rings. The summed E-state index contributed by atoms with van der Waals surface area (Å²) in [7, 11) is 0. The second kappa shape index (κ2) is 9.93. The number of fused-ring (bicyclic) bond motifs is 5. The molecule has 0 spiro atoms. The third-order valence-corrected chi connectivity index (χ3v) is 12.1. The molecule has 0 heterocycles. The molecule has 0 bridgehead atoms. The summed E-state index contributed by atoms with van der Waals surface area (Å²) in [6, 6.07) is 0. The van der Waals surface area contributed by atoms with Gasteiger partial charge in [-0.2, -0.15) is 0 Å². The quantitative estimate of drug-likeness (QED) is 0.427. The fraction of sp³-hybridized carbons (Fsp3) is 0.933. The van der Waals surface area contributed by atoms with E-state index in [0.717, 1.165) is 45.1 Å². The first kappa shape index (κ1) is 26.0. The van der Waals surface area contributed by atoms with Crippen LogP contribution in [0.1, 0.15) is 110 Å². The average Bonchev–Trinajstić information content (AvgIpc) is 3.14. The molecule has 7 atom stereocenters. The number of Topliss-reactive ketones (excluding diaryl/α,β-unsaturated/α-hetero) is 1. The summed E-state index contributed by atoms with van der Waals surface area (Å²) in [5, 5.41) is 11.9. The highest BCUT2D eigenvalue weighted by Crippen LogP contribution is 2.66. The predicted octanol–water partition coefficient (Wildman–Crippen LogP) is 6.37. The van der Waals surface area contributed by atoms with Crippen LogP contribution in [-0.2, 0) is 9.59 Å². The number of rotatable bonds is 6. The number of halogens is 1. The van der Waals surface area contributed by atoms with E-state index >= 15 is 0 Å². The normalized spacial score (nSPS) is 43.8. The van der Waals surface area contributed by atoms with Gasteiger partial charge in [0.25, 0.3) is 0 Å². The van der Waals surface area contributed by atoms with E-state index in [-0.39, 0.29) is 16.7 Å². The lowest BCUT2D eigenvalue weighted by atomic mass is 9.44. The van der Waals surface area contributed by atoms with E-state index in [1.807, 2.05) is 4.90 Å². The van der Waals surface area contributed by atoms with E-state index in [0.29, 0.717) is 54.2 Å². The number of nitrogens with zero attached hydrogens (tertiary/aromatic N) is 1. The fourth-order valence-corrected chi connectivity index (χ4v) is 9.93. The Balaban J connectivity index is 1.28. The van der Waals surface area contributed by atoms with Crippen LogP contribution in [0.3, 0.4) is 0 Å². The first-order valence-corrected chi connectivity index (χ1v) is 15.3. The van der Waals surface area contributed by atoms with Crippen LogP contribution in [0.5, 0.6) is 0 Å². The zero-order valence-corrected chi connectivity index (χ0v) is 23.0. The molecule has 5 fully saturated rings. The van der Waals surface area contributed by atoms with Gasteiger partial charge in [-0.25, -0.2) is 0 Å². The third-order valence-electron chi connectivity index (χ3n) is 11.9. The summed E-state index contributed by atoms with van der Waals surface area (Å²) in [5.74, 6) is 4.02. The van der Waals surface area contributed by atoms with Crippen LogP contribution in [0.2, 0.25) is 0 Å². The summed E-state index contributed by atoms with van der Waals surface area (Å²) in [6.07, 6.45) is 15.8. The Labute approximate surface area is 217 Å². The summed E-state index contributed by atoms with van der Waals surface area (Å²) < 4.78 is 0. The molecule has 5 aliphatic carbocycles. The second-order valence-corrected chi connectivity index (χ2v) is 14.1. The smallest absolute Gasteiger partial charge is 0.223 e. The molecule has 0 aromatic heterocycles. The van der Waals surface area contributed by atoms with Crippen LogP contribution in [-0.4, -0.2) is 46.3 Å². The zero-order chi connectivity index (χ0) is 24.8. The molecule has 0 radical (unpaired) electrons. The maximum absolute atomic E-state index is 13.0. The minimum absolute atomic E-state index is 0.0673. The summed E-state index contributed by atoms with van der Waals surface area (Å²) in [6.45, 7) is 6.04. The van der Waals surface area contributed by atoms with Crippen molar-refractivity contribution >= 4 is 23.3 Å². The van der Waals surface area contributed by atoms with Crippen molar-refractivity contribution in [1.29, 1.82) is 0 Å². The Bertz CT molecular complexity index is 811. The van der Waals surface area contributed by atoms with Crippen molar-refractivity contribution in [3.05, 3.63) is 0 Å². The molecule has 198 valence electrons. The van der Waals surface area contributed by atoms with E-state index in [2.05, 4.69) is 13.8 Å². The topological polar surface area (TPSA) is 57.6 Å². The van der Waals surface area contributed by atoms with E-state index in [1.165, 1.54) is 51.4 Å². The number of carbonyl (C=O) groups excluding carboxylic acids is 2. The molecular formula is C30H48ClNO3. The standard InChI is InChI=1S/C30H48ClNO3/c1-28-15-16-30(35,20-32(27(34)13-17-31)19-21-6-4-3-5-7-21)18-22(28)8-9-23-24-10-11-26(33)29(24,2)14-12-25(23)28/h21-25,35H,3-20H2,1-2H3/t22-,23-,24-,25-,28-,29-,30+/m0/s1. The van der Waals surface area contributed by atoms with Gasteiger partial charge in [0.1, 0.15) is 5.78 Å². The fourth-order valence-electron chi connectivity index (χ4n) is 9.77. The largest absolute Gasteiger partial charge is 0.388 e. The van der Waals surface area contributed by atoms with Crippen LogP contribution >= 0.6 is 11.6 Å². The molecule has 5 saturated carbocycles. The highest BCUT2D eigenvalue weighted by atomic mass is 35.5. The summed E-state index contributed by atoms with van der Waals surface area (Å²) in [4.78, 5) is 27.7. The summed E-state index contributed by atoms with van der Waals surface area (Å²) in [5.41, 5.74) is -0.585. The van der Waals surface area contributed by atoms with Gasteiger partial charge in [-0.3, -0.25) is 9.59 Å². The van der Waals surface area contributed by atoms with Crippen LogP contribution in [0.4, 0.5) is 0 Å². The van der Waals surface area contributed by atoms with Crippen LogP contribution in [0.25, 0.3) is 0 Å². The SMILES string of the molecule is C[C@]12CC[C@](O)(CN(CC3CCCCC3)C(=O)CCCl)C[C@@H]1CC[C@@H]1[C@@H]2CC[C@]2(C)C(=O)CC[C@@H]12. The molecule has 5 rings (SSSR count). The van der Waals surface area contributed by atoms with Crippen LogP contribution in [0, 0.1) is 40.4 Å². The van der Waals surface area contributed by atoms with Gasteiger partial charge < -0.3 is 10.0 Å². The van der Waals surface area contributed by atoms with Gasteiger partial charge in [0, 0.05) is 37.2 Å². The predicted molar refractivity (Wildman–Crippen MR) is 140 cm³/mol. The molecule has 5 heteroatoms. The zero-order valence-electron chi connectivity index (χ0n) is 22.2. The van der Waals surface area contributed by atoms with Crippen molar-refractivity contribution in [1.82, 2.24) is 4.90 Å². The van der Waals surface area contributed by atoms with Crippen molar-refractivity contribution in [3.8, 4) is 0 Å². The Kier molecular flexibility index (Phi) is 7.38. The van der Waals surface area contributed by atoms with Crippen molar-refractivity contribution < 1.29 is 14.7 Å². The molecule has 0 aromatic carbocycles. The molecule has 1 amide bonds. The number of amides is 1. The van der Waals surface area contributed by atoms with E-state index in [4.69, 9.17) is 11.6 Å². The molecule has 1 N–H and O–H groups in total. The molecule has 4 nitrogen and oxygen atoms in total. The number of hydrogen-bond donors (Lipinski definition) is 1. The van der Waals surface area contributed by atoms with Gasteiger partial charge in [0.05, 0.1) is 5.60 Å². The number of alkyl halides is 1. The highest BCUT2D eigenvalue weighted by Gasteiger charge is 2.61. The van der Waals surface area contributed by atoms with Crippen molar-refractivity contribution in [2.45, 2.75) is 116 Å². The maximum atomic E-state index is 13.0. The number of ketones is 1. The molecular weight excluding hydrogens is 458 g/mol. The van der Waals surface area contributed by atoms with Gasteiger partial charge >= 0.3 is 0 Å². The van der Waals surface area contributed by atoms with Gasteiger partial charge in [-0.1, -0.05) is 33.1 Å². The third kappa shape index (κ3) is 4.73. The monoisotopic (exact) mass is 505 g/mol. The number of aliphatic hydroxyl groups is 1. The van der Waals surface area contributed by atoms with Crippen molar-refractivity contribution in [3.63, 3.8) is 0 Å². The lowest BCUT2D eigenvalue weighted by Crippen LogP contribution is -2.58. The van der Waals surface area contributed by atoms with E-state index in [9.17, 15) is 14.7 Å². The molecule has 35 heavy (non-hydrogen) atoms. The minimum Gasteiger partial charge on any atom is -0.388 e. The maximum Gasteiger partial charge on any atom is 0.223 e.